The fraction of sp³-hybridized carbons (Fsp3) is 0.286. The summed E-state index contributed by atoms with van der Waals surface area (Å²) < 4.78 is 0. The number of anilines is 1. The van der Waals surface area contributed by atoms with Gasteiger partial charge in [0, 0.05) is 0 Å². The van der Waals surface area contributed by atoms with E-state index in [0.29, 0.717) is 17.9 Å². The maximum atomic E-state index is 8.80. The van der Waals surface area contributed by atoms with E-state index >= 15 is 0 Å². The van der Waals surface area contributed by atoms with E-state index in [-0.39, 0.29) is 6.61 Å². The van der Waals surface area contributed by atoms with E-state index in [1.807, 2.05) is 0 Å². The van der Waals surface area contributed by atoms with Crippen molar-refractivity contribution in [1.82, 2.24) is 9.97 Å². The van der Waals surface area contributed by atoms with Crippen molar-refractivity contribution in [2.45, 2.75) is 0 Å². The van der Waals surface area contributed by atoms with Crippen molar-refractivity contribution in [2.75, 3.05) is 18.5 Å². The fourth-order valence-corrected chi connectivity index (χ4v) is 1.03. The van der Waals surface area contributed by atoms with Gasteiger partial charge in [-0.2, -0.15) is 0 Å². The number of aliphatic hydroxyl groups excluding tert-OH is 1. The molecule has 0 bridgehead atoms. The molecule has 0 saturated heterocycles. The minimum absolute atomic E-state index is 0.0265. The number of hydrogen-bond acceptors (Lipinski definition) is 5. The molecule has 1 aliphatic heterocycles. The summed E-state index contributed by atoms with van der Waals surface area (Å²) in [5.41, 5.74) is 1.39. The average molecular weight is 164 g/mol. The molecular formula is C7H8N4O. The Hall–Kier alpha value is -1.49. The Bertz CT molecular complexity index is 323. The van der Waals surface area contributed by atoms with Crippen LogP contribution in [0, 0.1) is 0 Å². The summed E-state index contributed by atoms with van der Waals surface area (Å²) in [4.78, 5) is 11.9. The summed E-state index contributed by atoms with van der Waals surface area (Å²) in [6.07, 6.45) is 3.08. The lowest BCUT2D eigenvalue weighted by Gasteiger charge is -2.13. The Morgan fingerprint density at radius 1 is 1.58 bits per heavy atom. The van der Waals surface area contributed by atoms with Crippen LogP contribution in [0.15, 0.2) is 17.5 Å². The minimum atomic E-state index is -0.0265. The molecule has 0 aliphatic carbocycles. The van der Waals surface area contributed by atoms with Crippen LogP contribution in [0.2, 0.25) is 0 Å². The zero-order valence-electron chi connectivity index (χ0n) is 6.36. The molecule has 0 saturated carbocycles. The van der Waals surface area contributed by atoms with Gasteiger partial charge < -0.3 is 10.4 Å². The SMILES string of the molecule is OCC1=Nc2cncnc2NC1. The minimum Gasteiger partial charge on any atom is -0.390 e. The van der Waals surface area contributed by atoms with Gasteiger partial charge in [0.15, 0.2) is 5.82 Å². The lowest BCUT2D eigenvalue weighted by Crippen LogP contribution is -2.21. The van der Waals surface area contributed by atoms with E-state index in [0.717, 1.165) is 5.82 Å². The van der Waals surface area contributed by atoms with Crippen LogP contribution in [0.4, 0.5) is 11.5 Å². The first-order chi connectivity index (χ1) is 5.90. The quantitative estimate of drug-likeness (QED) is 0.611. The van der Waals surface area contributed by atoms with E-state index in [1.54, 1.807) is 6.20 Å². The standard InChI is InChI=1S/C7H8N4O/c12-3-5-1-9-7-6(11-5)2-8-4-10-7/h2,4,12H,1,3H2,(H,8,9,10). The predicted molar refractivity (Wildman–Crippen MR) is 44.7 cm³/mol. The van der Waals surface area contributed by atoms with Gasteiger partial charge in [-0.15, -0.1) is 0 Å². The van der Waals surface area contributed by atoms with E-state index < -0.39 is 0 Å². The van der Waals surface area contributed by atoms with Crippen molar-refractivity contribution in [1.29, 1.82) is 0 Å². The molecule has 0 atom stereocenters. The largest absolute Gasteiger partial charge is 0.390 e. The number of rotatable bonds is 1. The van der Waals surface area contributed by atoms with E-state index in [2.05, 4.69) is 20.3 Å². The lowest BCUT2D eigenvalue weighted by atomic mass is 10.3. The highest BCUT2D eigenvalue weighted by atomic mass is 16.3. The van der Waals surface area contributed by atoms with Crippen LogP contribution in [0.1, 0.15) is 0 Å². The maximum Gasteiger partial charge on any atom is 0.155 e. The Morgan fingerprint density at radius 2 is 2.50 bits per heavy atom. The molecule has 2 heterocycles. The number of nitrogens with zero attached hydrogens (tertiary/aromatic N) is 3. The third-order valence-electron chi connectivity index (χ3n) is 1.61. The van der Waals surface area contributed by atoms with Gasteiger partial charge in [-0.3, -0.25) is 0 Å². The van der Waals surface area contributed by atoms with Gasteiger partial charge >= 0.3 is 0 Å². The number of aliphatic hydroxyl groups is 1. The van der Waals surface area contributed by atoms with Crippen LogP contribution in [-0.4, -0.2) is 33.9 Å². The summed E-state index contributed by atoms with van der Waals surface area (Å²) in [5, 5.41) is 11.8. The molecule has 1 aromatic heterocycles. The van der Waals surface area contributed by atoms with Crippen molar-refractivity contribution in [3.05, 3.63) is 12.5 Å². The van der Waals surface area contributed by atoms with Crippen molar-refractivity contribution < 1.29 is 5.11 Å². The molecule has 0 spiro atoms. The Balaban J connectivity index is 2.41. The van der Waals surface area contributed by atoms with Crippen LogP contribution in [0.25, 0.3) is 0 Å². The third kappa shape index (κ3) is 1.14. The lowest BCUT2D eigenvalue weighted by molar-refractivity contribution is 0.356. The fourth-order valence-electron chi connectivity index (χ4n) is 1.03. The zero-order valence-corrected chi connectivity index (χ0v) is 6.36. The number of aliphatic imine (C=N–C) groups is 1. The molecule has 5 heteroatoms. The molecule has 0 radical (unpaired) electrons. The van der Waals surface area contributed by atoms with Crippen LogP contribution in [0.3, 0.4) is 0 Å². The number of hydrogen-bond donors (Lipinski definition) is 2. The van der Waals surface area contributed by atoms with Gasteiger partial charge in [0.05, 0.1) is 25.1 Å². The van der Waals surface area contributed by atoms with Gasteiger partial charge in [-0.25, -0.2) is 15.0 Å². The smallest absolute Gasteiger partial charge is 0.155 e. The molecule has 2 rings (SSSR count). The highest BCUT2D eigenvalue weighted by molar-refractivity contribution is 5.95. The molecule has 2 N–H and O–H groups in total. The van der Waals surface area contributed by atoms with Gasteiger partial charge in [-0.05, 0) is 0 Å². The first kappa shape index (κ1) is 7.17. The molecular weight excluding hydrogens is 156 g/mol. The Kier molecular flexibility index (Phi) is 1.71. The van der Waals surface area contributed by atoms with Crippen molar-refractivity contribution in [2.24, 2.45) is 4.99 Å². The van der Waals surface area contributed by atoms with Crippen molar-refractivity contribution >= 4 is 17.2 Å². The summed E-state index contributed by atoms with van der Waals surface area (Å²) in [6.45, 7) is 0.530. The van der Waals surface area contributed by atoms with Gasteiger partial charge in [0.2, 0.25) is 0 Å². The maximum absolute atomic E-state index is 8.80. The zero-order chi connectivity index (χ0) is 8.39. The number of nitrogens with one attached hydrogen (secondary N) is 1. The van der Waals surface area contributed by atoms with Crippen LogP contribution in [-0.2, 0) is 0 Å². The van der Waals surface area contributed by atoms with Crippen LogP contribution >= 0.6 is 0 Å². The molecule has 62 valence electrons. The van der Waals surface area contributed by atoms with Crippen molar-refractivity contribution in [3.8, 4) is 0 Å². The molecule has 1 aromatic rings. The monoisotopic (exact) mass is 164 g/mol. The second kappa shape index (κ2) is 2.86. The highest BCUT2D eigenvalue weighted by Gasteiger charge is 2.10. The summed E-state index contributed by atoms with van der Waals surface area (Å²) in [7, 11) is 0. The van der Waals surface area contributed by atoms with E-state index in [1.165, 1.54) is 6.33 Å². The van der Waals surface area contributed by atoms with Gasteiger partial charge in [-0.1, -0.05) is 0 Å². The second-order valence-electron chi connectivity index (χ2n) is 2.45. The highest BCUT2D eigenvalue weighted by Crippen LogP contribution is 2.22. The molecule has 12 heavy (non-hydrogen) atoms. The number of aromatic nitrogens is 2. The summed E-state index contributed by atoms with van der Waals surface area (Å²) in [6, 6.07) is 0. The van der Waals surface area contributed by atoms with Gasteiger partial charge in [0.25, 0.3) is 0 Å². The summed E-state index contributed by atoms with van der Waals surface area (Å²) >= 11 is 0. The Labute approximate surface area is 69.2 Å². The molecule has 0 fully saturated rings. The number of fused-ring (bicyclic) bond motifs is 1. The topological polar surface area (TPSA) is 70.4 Å². The third-order valence-corrected chi connectivity index (χ3v) is 1.61. The second-order valence-corrected chi connectivity index (χ2v) is 2.45. The van der Waals surface area contributed by atoms with Gasteiger partial charge in [0.1, 0.15) is 12.0 Å². The molecule has 5 nitrogen and oxygen atoms in total. The first-order valence-electron chi connectivity index (χ1n) is 3.61. The molecule has 1 aliphatic rings. The average Bonchev–Trinajstić information content (AvgIpc) is 2.17. The van der Waals surface area contributed by atoms with Crippen molar-refractivity contribution in [3.63, 3.8) is 0 Å². The normalized spacial score (nSPS) is 14.6. The van der Waals surface area contributed by atoms with E-state index in [9.17, 15) is 0 Å². The Morgan fingerprint density at radius 3 is 3.33 bits per heavy atom. The molecule has 0 amide bonds. The first-order valence-corrected chi connectivity index (χ1v) is 3.61. The van der Waals surface area contributed by atoms with E-state index in [4.69, 9.17) is 5.11 Å². The predicted octanol–water partition coefficient (Wildman–Crippen LogP) is -0.0331. The molecule has 0 aromatic carbocycles. The van der Waals surface area contributed by atoms with Crippen LogP contribution < -0.4 is 5.32 Å². The summed E-state index contributed by atoms with van der Waals surface area (Å²) in [5.74, 6) is 0.724. The van der Waals surface area contributed by atoms with Crippen LogP contribution in [0.5, 0.6) is 0 Å². The molecule has 0 unspecified atom stereocenters.